The van der Waals surface area contributed by atoms with E-state index < -0.39 is 46.1 Å². The lowest BCUT2D eigenvalue weighted by atomic mass is 10.1. The maximum absolute atomic E-state index is 13.6. The van der Waals surface area contributed by atoms with Crippen LogP contribution in [0.5, 0.6) is 5.75 Å². The summed E-state index contributed by atoms with van der Waals surface area (Å²) in [4.78, 5) is 27.1. The molecule has 0 heterocycles. The number of ether oxygens (including phenoxy) is 1. The van der Waals surface area contributed by atoms with Crippen LogP contribution in [0.4, 0.5) is 14.5 Å². The second-order valence-electron chi connectivity index (χ2n) is 8.10. The number of methoxy groups -OCH3 is 1. The van der Waals surface area contributed by atoms with Crippen molar-refractivity contribution in [1.29, 1.82) is 0 Å². The van der Waals surface area contributed by atoms with Crippen molar-refractivity contribution in [2.45, 2.75) is 24.4 Å². The summed E-state index contributed by atoms with van der Waals surface area (Å²) in [5.74, 6) is -1.77. The van der Waals surface area contributed by atoms with Crippen molar-refractivity contribution in [3.8, 4) is 5.75 Å². The highest BCUT2D eigenvalue weighted by Crippen LogP contribution is 2.26. The van der Waals surface area contributed by atoms with E-state index in [-0.39, 0.29) is 17.1 Å². The minimum atomic E-state index is -4.29. The summed E-state index contributed by atoms with van der Waals surface area (Å²) in [6.45, 7) is 0.747. The van der Waals surface area contributed by atoms with E-state index in [0.29, 0.717) is 11.3 Å². The van der Waals surface area contributed by atoms with Crippen LogP contribution in [-0.4, -0.2) is 51.9 Å². The predicted molar refractivity (Wildman–Crippen MR) is 134 cm³/mol. The number of sulfonamides is 1. The van der Waals surface area contributed by atoms with Crippen LogP contribution in [0.15, 0.2) is 77.7 Å². The summed E-state index contributed by atoms with van der Waals surface area (Å²) >= 11 is 0. The van der Waals surface area contributed by atoms with Gasteiger partial charge in [0.15, 0.2) is 0 Å². The van der Waals surface area contributed by atoms with Crippen molar-refractivity contribution < 1.29 is 31.5 Å². The van der Waals surface area contributed by atoms with E-state index in [1.54, 1.807) is 0 Å². The van der Waals surface area contributed by atoms with E-state index in [1.807, 2.05) is 0 Å². The Labute approximate surface area is 214 Å². The number of hydrogen-bond donors (Lipinski definition) is 1. The molecule has 3 aromatic rings. The van der Waals surface area contributed by atoms with E-state index in [1.165, 1.54) is 86.6 Å². The zero-order valence-corrected chi connectivity index (χ0v) is 21.3. The molecular weight excluding hydrogens is 504 g/mol. The van der Waals surface area contributed by atoms with Crippen molar-refractivity contribution in [3.05, 3.63) is 90.0 Å². The summed E-state index contributed by atoms with van der Waals surface area (Å²) in [7, 11) is -1.44. The van der Waals surface area contributed by atoms with Gasteiger partial charge in [-0.1, -0.05) is 12.1 Å². The number of carbonyl (C=O) groups excluding carboxylic acids is 2. The number of rotatable bonds is 10. The lowest BCUT2D eigenvalue weighted by Gasteiger charge is -2.31. The lowest BCUT2D eigenvalue weighted by Crippen LogP contribution is -2.50. The van der Waals surface area contributed by atoms with E-state index >= 15 is 0 Å². The van der Waals surface area contributed by atoms with Gasteiger partial charge in [0, 0.05) is 13.6 Å². The molecule has 11 heteroatoms. The molecule has 0 saturated heterocycles. The van der Waals surface area contributed by atoms with E-state index in [9.17, 15) is 26.8 Å². The summed E-state index contributed by atoms with van der Waals surface area (Å²) in [5, 5.41) is 2.47. The molecule has 0 spiro atoms. The Morgan fingerprint density at radius 2 is 1.46 bits per heavy atom. The van der Waals surface area contributed by atoms with E-state index in [0.717, 1.165) is 16.4 Å². The summed E-state index contributed by atoms with van der Waals surface area (Å²) < 4.78 is 60.2. The normalized spacial score (nSPS) is 11.9. The molecule has 0 saturated carbocycles. The van der Waals surface area contributed by atoms with Gasteiger partial charge in [-0.15, -0.1) is 0 Å². The quantitative estimate of drug-likeness (QED) is 0.433. The van der Waals surface area contributed by atoms with Crippen molar-refractivity contribution in [1.82, 2.24) is 10.2 Å². The minimum Gasteiger partial charge on any atom is -0.497 e. The monoisotopic (exact) mass is 531 g/mol. The molecule has 1 atom stereocenters. The molecular formula is C26H27F2N3O5S. The van der Waals surface area contributed by atoms with Gasteiger partial charge in [0.2, 0.25) is 11.8 Å². The number of amides is 2. The third-order valence-electron chi connectivity index (χ3n) is 5.72. The number of hydrogen-bond acceptors (Lipinski definition) is 5. The molecule has 196 valence electrons. The zero-order chi connectivity index (χ0) is 27.2. The predicted octanol–water partition coefficient (Wildman–Crippen LogP) is 3.33. The van der Waals surface area contributed by atoms with Crippen molar-refractivity contribution >= 4 is 27.5 Å². The number of halogens is 2. The summed E-state index contributed by atoms with van der Waals surface area (Å²) in [6.07, 6.45) is 0. The highest BCUT2D eigenvalue weighted by molar-refractivity contribution is 7.92. The minimum absolute atomic E-state index is 0.0555. The van der Waals surface area contributed by atoms with Gasteiger partial charge >= 0.3 is 0 Å². The molecule has 0 fully saturated rings. The van der Waals surface area contributed by atoms with E-state index in [4.69, 9.17) is 4.74 Å². The van der Waals surface area contributed by atoms with Gasteiger partial charge < -0.3 is 15.0 Å². The first-order valence-electron chi connectivity index (χ1n) is 11.2. The first-order valence-corrected chi connectivity index (χ1v) is 12.7. The Bertz CT molecular complexity index is 1330. The average molecular weight is 532 g/mol. The second-order valence-corrected chi connectivity index (χ2v) is 9.96. The van der Waals surface area contributed by atoms with Crippen LogP contribution in [0.2, 0.25) is 0 Å². The number of carbonyl (C=O) groups is 2. The number of nitrogens with one attached hydrogen (secondary N) is 1. The van der Waals surface area contributed by atoms with Gasteiger partial charge in [0.05, 0.1) is 17.7 Å². The second kappa shape index (κ2) is 11.8. The van der Waals surface area contributed by atoms with Crippen LogP contribution in [-0.2, 0) is 26.2 Å². The molecule has 3 rings (SSSR count). The molecule has 1 N–H and O–H groups in total. The van der Waals surface area contributed by atoms with Crippen LogP contribution in [0.25, 0.3) is 0 Å². The molecule has 0 unspecified atom stereocenters. The average Bonchev–Trinajstić information content (AvgIpc) is 2.91. The molecule has 3 aromatic carbocycles. The molecule has 0 aromatic heterocycles. The molecule has 0 aliphatic carbocycles. The number of likely N-dealkylation sites (N-methyl/N-ethyl adjacent to an activating group) is 1. The van der Waals surface area contributed by atoms with Gasteiger partial charge in [0.25, 0.3) is 10.0 Å². The van der Waals surface area contributed by atoms with Crippen LogP contribution >= 0.6 is 0 Å². The Balaban J connectivity index is 2.01. The number of benzene rings is 3. The molecule has 0 bridgehead atoms. The Kier molecular flexibility index (Phi) is 8.82. The Hall–Kier alpha value is -3.99. The fraction of sp³-hybridized carbons (Fsp3) is 0.231. The topological polar surface area (TPSA) is 96.0 Å². The lowest BCUT2D eigenvalue weighted by molar-refractivity contribution is -0.139. The number of nitrogens with zero attached hydrogens (tertiary/aromatic N) is 2. The van der Waals surface area contributed by atoms with Crippen LogP contribution in [0.3, 0.4) is 0 Å². The van der Waals surface area contributed by atoms with Gasteiger partial charge in [-0.2, -0.15) is 0 Å². The maximum Gasteiger partial charge on any atom is 0.264 e. The highest BCUT2D eigenvalue weighted by atomic mass is 32.2. The molecule has 0 radical (unpaired) electrons. The molecule has 8 nitrogen and oxygen atoms in total. The van der Waals surface area contributed by atoms with Crippen LogP contribution in [0.1, 0.15) is 12.5 Å². The largest absolute Gasteiger partial charge is 0.497 e. The third kappa shape index (κ3) is 6.62. The Morgan fingerprint density at radius 1 is 0.919 bits per heavy atom. The van der Waals surface area contributed by atoms with E-state index in [2.05, 4.69) is 5.32 Å². The highest BCUT2D eigenvalue weighted by Gasteiger charge is 2.32. The van der Waals surface area contributed by atoms with Crippen LogP contribution in [0, 0.1) is 11.6 Å². The first kappa shape index (κ1) is 27.6. The zero-order valence-electron chi connectivity index (χ0n) is 20.5. The molecule has 2 amide bonds. The van der Waals surface area contributed by atoms with Crippen molar-refractivity contribution in [2.24, 2.45) is 0 Å². The van der Waals surface area contributed by atoms with Gasteiger partial charge in [0.1, 0.15) is 30.0 Å². The van der Waals surface area contributed by atoms with Gasteiger partial charge in [-0.25, -0.2) is 17.2 Å². The van der Waals surface area contributed by atoms with Gasteiger partial charge in [-0.3, -0.25) is 13.9 Å². The van der Waals surface area contributed by atoms with Crippen molar-refractivity contribution in [3.63, 3.8) is 0 Å². The smallest absolute Gasteiger partial charge is 0.264 e. The number of anilines is 1. The summed E-state index contributed by atoms with van der Waals surface area (Å²) in [5.41, 5.74) is 0.594. The summed E-state index contributed by atoms with van der Waals surface area (Å²) in [6, 6.07) is 14.7. The van der Waals surface area contributed by atoms with Gasteiger partial charge in [-0.05, 0) is 73.2 Å². The third-order valence-corrected chi connectivity index (χ3v) is 7.51. The molecule has 37 heavy (non-hydrogen) atoms. The molecule has 0 aliphatic heterocycles. The first-order chi connectivity index (χ1) is 17.6. The SMILES string of the molecule is CNC(=O)[C@H](C)N(Cc1ccc(F)cc1)C(=O)CN(c1ccc(F)cc1)S(=O)(=O)c1ccc(OC)cc1. The van der Waals surface area contributed by atoms with Crippen molar-refractivity contribution in [2.75, 3.05) is 25.0 Å². The Morgan fingerprint density at radius 3 is 1.97 bits per heavy atom. The standard InChI is InChI=1S/C26H27F2N3O5S/c1-18(26(33)29-2)30(16-19-4-6-20(27)7-5-19)25(32)17-31(22-10-8-21(28)9-11-22)37(34,35)24-14-12-23(36-3)13-15-24/h4-15,18H,16-17H2,1-3H3,(H,29,33)/t18-/m0/s1. The molecule has 0 aliphatic rings. The fourth-order valence-electron chi connectivity index (χ4n) is 3.59. The maximum atomic E-state index is 13.6. The van der Waals surface area contributed by atoms with Crippen LogP contribution < -0.4 is 14.4 Å². The fourth-order valence-corrected chi connectivity index (χ4v) is 5.00.